The molecule has 3 aromatic rings. The van der Waals surface area contributed by atoms with Gasteiger partial charge in [-0.3, -0.25) is 14.9 Å². The van der Waals surface area contributed by atoms with Crippen LogP contribution in [0.1, 0.15) is 18.3 Å². The van der Waals surface area contributed by atoms with Gasteiger partial charge in [-0.05, 0) is 49.7 Å². The zero-order chi connectivity index (χ0) is 22.4. The third-order valence-corrected chi connectivity index (χ3v) is 5.69. The van der Waals surface area contributed by atoms with E-state index >= 15 is 0 Å². The lowest BCUT2D eigenvalue weighted by atomic mass is 10.2. The van der Waals surface area contributed by atoms with Crippen molar-refractivity contribution in [1.29, 1.82) is 0 Å². The lowest BCUT2D eigenvalue weighted by molar-refractivity contribution is -0.384. The van der Waals surface area contributed by atoms with Crippen LogP contribution in [0.25, 0.3) is 0 Å². The first-order chi connectivity index (χ1) is 14.9. The van der Waals surface area contributed by atoms with E-state index in [-0.39, 0.29) is 24.0 Å². The fraction of sp³-hybridized carbons (Fsp3) is 0.250. The summed E-state index contributed by atoms with van der Waals surface area (Å²) in [4.78, 5) is 22.4. The van der Waals surface area contributed by atoms with E-state index in [1.54, 1.807) is 12.1 Å². The van der Waals surface area contributed by atoms with Crippen molar-refractivity contribution in [3.05, 3.63) is 69.0 Å². The SMILES string of the molecule is CCn1c(COc2ccc(Cl)c(C)c2)nnc1SCC(=O)Nc1ccc([N+](=O)[O-])cc1. The molecule has 1 aromatic heterocycles. The van der Waals surface area contributed by atoms with Crippen molar-refractivity contribution >= 4 is 40.6 Å². The number of carbonyl (C=O) groups excluding carboxylic acids is 1. The Labute approximate surface area is 187 Å². The number of benzene rings is 2. The molecule has 0 aliphatic rings. The van der Waals surface area contributed by atoms with E-state index in [1.807, 2.05) is 24.5 Å². The molecule has 0 aliphatic carbocycles. The van der Waals surface area contributed by atoms with Gasteiger partial charge in [0.2, 0.25) is 5.91 Å². The van der Waals surface area contributed by atoms with Crippen molar-refractivity contribution < 1.29 is 14.5 Å². The minimum Gasteiger partial charge on any atom is -0.486 e. The van der Waals surface area contributed by atoms with Gasteiger partial charge in [0.05, 0.1) is 10.7 Å². The number of non-ortho nitro benzene ring substituents is 1. The predicted molar refractivity (Wildman–Crippen MR) is 119 cm³/mol. The topological polar surface area (TPSA) is 112 Å². The Kier molecular flexibility index (Phi) is 7.48. The number of aryl methyl sites for hydroxylation is 1. The second-order valence-corrected chi connectivity index (χ2v) is 7.83. The van der Waals surface area contributed by atoms with Crippen LogP contribution >= 0.6 is 23.4 Å². The van der Waals surface area contributed by atoms with Gasteiger partial charge in [0, 0.05) is 29.4 Å². The highest BCUT2D eigenvalue weighted by molar-refractivity contribution is 7.99. The summed E-state index contributed by atoms with van der Waals surface area (Å²) in [6.45, 7) is 4.72. The van der Waals surface area contributed by atoms with Crippen molar-refractivity contribution in [2.75, 3.05) is 11.1 Å². The monoisotopic (exact) mass is 461 g/mol. The maximum atomic E-state index is 12.2. The van der Waals surface area contributed by atoms with Crippen LogP contribution in [-0.4, -0.2) is 31.3 Å². The average Bonchev–Trinajstić information content (AvgIpc) is 3.15. The molecule has 0 unspecified atom stereocenters. The Balaban J connectivity index is 1.56. The van der Waals surface area contributed by atoms with Crippen LogP contribution in [0, 0.1) is 17.0 Å². The minimum absolute atomic E-state index is 0.0352. The van der Waals surface area contributed by atoms with Crippen LogP contribution in [0.15, 0.2) is 47.6 Å². The number of hydrogen-bond donors (Lipinski definition) is 1. The van der Waals surface area contributed by atoms with Gasteiger partial charge in [-0.1, -0.05) is 23.4 Å². The molecule has 0 fully saturated rings. The molecule has 0 bridgehead atoms. The number of carbonyl (C=O) groups is 1. The summed E-state index contributed by atoms with van der Waals surface area (Å²) in [6, 6.07) is 11.1. The molecule has 11 heteroatoms. The van der Waals surface area contributed by atoms with E-state index in [1.165, 1.54) is 36.0 Å². The molecule has 31 heavy (non-hydrogen) atoms. The second kappa shape index (κ2) is 10.3. The van der Waals surface area contributed by atoms with Gasteiger partial charge in [-0.2, -0.15) is 0 Å². The second-order valence-electron chi connectivity index (χ2n) is 6.48. The molecule has 0 aliphatic heterocycles. The number of thioether (sulfide) groups is 1. The quantitative estimate of drug-likeness (QED) is 0.284. The molecule has 1 heterocycles. The molecule has 0 radical (unpaired) electrons. The van der Waals surface area contributed by atoms with Crippen molar-refractivity contribution in [1.82, 2.24) is 14.8 Å². The van der Waals surface area contributed by atoms with E-state index in [2.05, 4.69) is 15.5 Å². The Hall–Kier alpha value is -3.11. The molecule has 2 aromatic carbocycles. The number of hydrogen-bond acceptors (Lipinski definition) is 7. The molecule has 9 nitrogen and oxygen atoms in total. The fourth-order valence-corrected chi connectivity index (χ4v) is 3.64. The Morgan fingerprint density at radius 1 is 1.26 bits per heavy atom. The van der Waals surface area contributed by atoms with E-state index in [0.717, 1.165) is 5.56 Å². The third kappa shape index (κ3) is 5.96. The molecule has 1 amide bonds. The zero-order valence-electron chi connectivity index (χ0n) is 16.9. The first-order valence-corrected chi connectivity index (χ1v) is 10.7. The minimum atomic E-state index is -0.492. The molecule has 3 rings (SSSR count). The smallest absolute Gasteiger partial charge is 0.269 e. The summed E-state index contributed by atoms with van der Waals surface area (Å²) < 4.78 is 7.68. The number of nitro benzene ring substituents is 1. The van der Waals surface area contributed by atoms with Gasteiger partial charge >= 0.3 is 0 Å². The van der Waals surface area contributed by atoms with Crippen molar-refractivity contribution in [2.24, 2.45) is 0 Å². The van der Waals surface area contributed by atoms with E-state index < -0.39 is 4.92 Å². The summed E-state index contributed by atoms with van der Waals surface area (Å²) in [6.07, 6.45) is 0. The highest BCUT2D eigenvalue weighted by Gasteiger charge is 2.14. The number of nitro groups is 1. The number of halogens is 1. The summed E-state index contributed by atoms with van der Waals surface area (Å²) >= 11 is 7.29. The number of nitrogens with one attached hydrogen (secondary N) is 1. The largest absolute Gasteiger partial charge is 0.486 e. The number of rotatable bonds is 9. The summed E-state index contributed by atoms with van der Waals surface area (Å²) in [7, 11) is 0. The van der Waals surface area contributed by atoms with Crippen molar-refractivity contribution in [3.8, 4) is 5.75 Å². The average molecular weight is 462 g/mol. The molecule has 1 N–H and O–H groups in total. The Morgan fingerprint density at radius 3 is 2.65 bits per heavy atom. The first-order valence-electron chi connectivity index (χ1n) is 9.35. The number of ether oxygens (including phenoxy) is 1. The van der Waals surface area contributed by atoms with Crippen LogP contribution in [0.3, 0.4) is 0 Å². The van der Waals surface area contributed by atoms with Crippen LogP contribution in [0.5, 0.6) is 5.75 Å². The first kappa shape index (κ1) is 22.6. The van der Waals surface area contributed by atoms with Crippen LogP contribution in [0.4, 0.5) is 11.4 Å². The van der Waals surface area contributed by atoms with Gasteiger partial charge in [-0.25, -0.2) is 0 Å². The summed E-state index contributed by atoms with van der Waals surface area (Å²) in [5.74, 6) is 1.20. The summed E-state index contributed by atoms with van der Waals surface area (Å²) in [5.41, 5.74) is 1.37. The highest BCUT2D eigenvalue weighted by Crippen LogP contribution is 2.23. The Bertz CT molecular complexity index is 1090. The molecular weight excluding hydrogens is 442 g/mol. The van der Waals surface area contributed by atoms with E-state index in [4.69, 9.17) is 16.3 Å². The normalized spacial score (nSPS) is 10.7. The van der Waals surface area contributed by atoms with Crippen LogP contribution in [-0.2, 0) is 17.9 Å². The zero-order valence-corrected chi connectivity index (χ0v) is 18.4. The molecule has 0 spiro atoms. The molecule has 0 saturated carbocycles. The number of nitrogens with zero attached hydrogens (tertiary/aromatic N) is 4. The third-order valence-electron chi connectivity index (χ3n) is 4.30. The van der Waals surface area contributed by atoms with Gasteiger partial charge in [0.25, 0.3) is 5.69 Å². The lowest BCUT2D eigenvalue weighted by Gasteiger charge is -2.10. The van der Waals surface area contributed by atoms with E-state index in [9.17, 15) is 14.9 Å². The van der Waals surface area contributed by atoms with Gasteiger partial charge in [0.15, 0.2) is 11.0 Å². The summed E-state index contributed by atoms with van der Waals surface area (Å²) in [5, 5.41) is 23.0. The standard InChI is InChI=1S/C20H20ClN5O4S/c1-3-25-18(11-30-16-8-9-17(21)13(2)10-16)23-24-20(25)31-12-19(27)22-14-4-6-15(7-5-14)26(28)29/h4-10H,3,11-12H2,1-2H3,(H,22,27). The predicted octanol–water partition coefficient (Wildman–Crippen LogP) is 4.48. The fourth-order valence-electron chi connectivity index (χ4n) is 2.70. The number of anilines is 1. The maximum absolute atomic E-state index is 12.2. The molecule has 0 atom stereocenters. The van der Waals surface area contributed by atoms with Crippen LogP contribution < -0.4 is 10.1 Å². The van der Waals surface area contributed by atoms with Gasteiger partial charge in [-0.15, -0.1) is 10.2 Å². The van der Waals surface area contributed by atoms with Crippen molar-refractivity contribution in [2.45, 2.75) is 32.2 Å². The molecule has 0 saturated heterocycles. The highest BCUT2D eigenvalue weighted by atomic mass is 35.5. The number of aromatic nitrogens is 3. The van der Waals surface area contributed by atoms with Gasteiger partial charge < -0.3 is 14.6 Å². The lowest BCUT2D eigenvalue weighted by Crippen LogP contribution is -2.15. The number of amides is 1. The maximum Gasteiger partial charge on any atom is 0.269 e. The van der Waals surface area contributed by atoms with Crippen molar-refractivity contribution in [3.63, 3.8) is 0 Å². The van der Waals surface area contributed by atoms with E-state index in [0.29, 0.717) is 34.0 Å². The van der Waals surface area contributed by atoms with Crippen LogP contribution in [0.2, 0.25) is 5.02 Å². The molecular formula is C20H20ClN5O4S. The Morgan fingerprint density at radius 2 is 2.00 bits per heavy atom. The molecule has 162 valence electrons. The van der Waals surface area contributed by atoms with Gasteiger partial charge in [0.1, 0.15) is 12.4 Å².